The zero-order valence-corrected chi connectivity index (χ0v) is 14.5. The molecule has 1 aliphatic rings. The smallest absolute Gasteiger partial charge is 0.338 e. The zero-order chi connectivity index (χ0) is 18.3. The van der Waals surface area contributed by atoms with Crippen molar-refractivity contribution in [2.75, 3.05) is 20.8 Å². The van der Waals surface area contributed by atoms with E-state index < -0.39 is 24.0 Å². The van der Waals surface area contributed by atoms with Gasteiger partial charge in [-0.1, -0.05) is 19.3 Å². The second-order valence-electron chi connectivity index (χ2n) is 5.95. The molecule has 25 heavy (non-hydrogen) atoms. The quantitative estimate of drug-likeness (QED) is 0.793. The van der Waals surface area contributed by atoms with Crippen LogP contribution >= 0.6 is 0 Å². The van der Waals surface area contributed by atoms with Gasteiger partial charge in [0.25, 0.3) is 5.91 Å². The van der Waals surface area contributed by atoms with E-state index in [0.717, 1.165) is 19.3 Å². The number of amides is 1. The second kappa shape index (κ2) is 8.38. The van der Waals surface area contributed by atoms with E-state index in [1.54, 1.807) is 6.07 Å². The van der Waals surface area contributed by atoms with Crippen molar-refractivity contribution < 1.29 is 23.8 Å². The fourth-order valence-electron chi connectivity index (χ4n) is 2.90. The molecule has 0 unspecified atom stereocenters. The molecule has 1 saturated carbocycles. The molecule has 0 heterocycles. The van der Waals surface area contributed by atoms with E-state index >= 15 is 0 Å². The van der Waals surface area contributed by atoms with Gasteiger partial charge in [-0.25, -0.2) is 4.79 Å². The topological polar surface area (TPSA) is 97.6 Å². The van der Waals surface area contributed by atoms with Gasteiger partial charge in [0.15, 0.2) is 18.1 Å². The van der Waals surface area contributed by atoms with Crippen LogP contribution in [-0.4, -0.2) is 38.2 Å². The summed E-state index contributed by atoms with van der Waals surface area (Å²) in [7, 11) is 2.96. The molecule has 0 aromatic heterocycles. The van der Waals surface area contributed by atoms with Crippen molar-refractivity contribution in [3.8, 4) is 17.6 Å². The lowest BCUT2D eigenvalue weighted by Crippen LogP contribution is -2.50. The SMILES string of the molecule is COc1ccc(C(=O)OCC(=O)NC2(C#N)CCCCC2)cc1OC. The third-order valence-electron chi connectivity index (χ3n) is 4.25. The van der Waals surface area contributed by atoms with Crippen LogP contribution in [-0.2, 0) is 9.53 Å². The van der Waals surface area contributed by atoms with Gasteiger partial charge in [-0.05, 0) is 31.0 Å². The number of nitrogens with one attached hydrogen (secondary N) is 1. The highest BCUT2D eigenvalue weighted by molar-refractivity contribution is 5.92. The van der Waals surface area contributed by atoms with E-state index in [4.69, 9.17) is 14.2 Å². The molecule has 0 saturated heterocycles. The van der Waals surface area contributed by atoms with Crippen molar-refractivity contribution >= 4 is 11.9 Å². The van der Waals surface area contributed by atoms with Crippen LogP contribution < -0.4 is 14.8 Å². The van der Waals surface area contributed by atoms with E-state index in [0.29, 0.717) is 24.3 Å². The van der Waals surface area contributed by atoms with Crippen molar-refractivity contribution in [1.29, 1.82) is 5.26 Å². The van der Waals surface area contributed by atoms with Gasteiger partial charge in [-0.2, -0.15) is 5.26 Å². The lowest BCUT2D eigenvalue weighted by atomic mass is 9.83. The molecule has 1 fully saturated rings. The third-order valence-corrected chi connectivity index (χ3v) is 4.25. The minimum Gasteiger partial charge on any atom is -0.493 e. The molecule has 0 atom stereocenters. The average Bonchev–Trinajstić information content (AvgIpc) is 2.66. The molecular formula is C18H22N2O5. The number of nitriles is 1. The maximum atomic E-state index is 12.1. The van der Waals surface area contributed by atoms with Gasteiger partial charge in [0, 0.05) is 0 Å². The highest BCUT2D eigenvalue weighted by Crippen LogP contribution is 2.28. The third kappa shape index (κ3) is 4.63. The van der Waals surface area contributed by atoms with E-state index in [1.165, 1.54) is 26.4 Å². The summed E-state index contributed by atoms with van der Waals surface area (Å²) >= 11 is 0. The van der Waals surface area contributed by atoms with E-state index in [2.05, 4.69) is 11.4 Å². The second-order valence-corrected chi connectivity index (χ2v) is 5.95. The summed E-state index contributed by atoms with van der Waals surface area (Å²) in [5, 5.41) is 12.1. The Labute approximate surface area is 146 Å². The molecule has 7 heteroatoms. The first-order valence-corrected chi connectivity index (χ1v) is 8.15. The summed E-state index contributed by atoms with van der Waals surface area (Å²) in [5.41, 5.74) is -0.594. The molecule has 0 bridgehead atoms. The van der Waals surface area contributed by atoms with Crippen LogP contribution in [0.4, 0.5) is 0 Å². The van der Waals surface area contributed by atoms with Gasteiger partial charge in [0.1, 0.15) is 5.54 Å². The first kappa shape index (κ1) is 18.6. The number of esters is 1. The van der Waals surface area contributed by atoms with Crippen LogP contribution in [0.3, 0.4) is 0 Å². The molecule has 134 valence electrons. The minimum absolute atomic E-state index is 0.248. The van der Waals surface area contributed by atoms with E-state index in [9.17, 15) is 14.9 Å². The molecule has 0 aliphatic heterocycles. The maximum absolute atomic E-state index is 12.1. The van der Waals surface area contributed by atoms with Gasteiger partial charge in [-0.3, -0.25) is 4.79 Å². The molecule has 1 N–H and O–H groups in total. The van der Waals surface area contributed by atoms with Gasteiger partial charge in [-0.15, -0.1) is 0 Å². The first-order valence-electron chi connectivity index (χ1n) is 8.15. The lowest BCUT2D eigenvalue weighted by molar-refractivity contribution is -0.125. The summed E-state index contributed by atoms with van der Waals surface area (Å²) in [6.45, 7) is -0.434. The standard InChI is InChI=1S/C18H22N2O5/c1-23-14-7-6-13(10-15(14)24-2)17(22)25-11-16(21)20-18(12-19)8-4-3-5-9-18/h6-7,10H,3-5,8-9,11H2,1-2H3,(H,20,21). The Bertz CT molecular complexity index is 675. The van der Waals surface area contributed by atoms with E-state index in [1.807, 2.05) is 0 Å². The Kier molecular flexibility index (Phi) is 6.23. The van der Waals surface area contributed by atoms with Gasteiger partial charge in [0.2, 0.25) is 0 Å². The number of rotatable bonds is 6. The highest BCUT2D eigenvalue weighted by Gasteiger charge is 2.33. The number of methoxy groups -OCH3 is 2. The molecule has 1 aromatic carbocycles. The molecule has 2 rings (SSSR count). The van der Waals surface area contributed by atoms with Gasteiger partial charge < -0.3 is 19.5 Å². The lowest BCUT2D eigenvalue weighted by Gasteiger charge is -2.31. The number of ether oxygens (including phenoxy) is 3. The molecule has 0 radical (unpaired) electrons. The Morgan fingerprint density at radius 3 is 2.44 bits per heavy atom. The number of hydrogen-bond donors (Lipinski definition) is 1. The first-order chi connectivity index (χ1) is 12.0. The zero-order valence-electron chi connectivity index (χ0n) is 14.5. The van der Waals surface area contributed by atoms with Crippen molar-refractivity contribution in [1.82, 2.24) is 5.32 Å². The Hall–Kier alpha value is -2.75. The van der Waals surface area contributed by atoms with Crippen molar-refractivity contribution in [2.24, 2.45) is 0 Å². The molecule has 0 spiro atoms. The average molecular weight is 346 g/mol. The van der Waals surface area contributed by atoms with Gasteiger partial charge >= 0.3 is 5.97 Å². The normalized spacial score (nSPS) is 15.6. The summed E-state index contributed by atoms with van der Waals surface area (Å²) in [5.74, 6) is -0.236. The van der Waals surface area contributed by atoms with Crippen LogP contribution in [0, 0.1) is 11.3 Å². The van der Waals surface area contributed by atoms with E-state index in [-0.39, 0.29) is 5.56 Å². The summed E-state index contributed by atoms with van der Waals surface area (Å²) in [4.78, 5) is 24.1. The van der Waals surface area contributed by atoms with Gasteiger partial charge in [0.05, 0.1) is 25.9 Å². The fraction of sp³-hybridized carbons (Fsp3) is 0.500. The predicted molar refractivity (Wildman–Crippen MR) is 89.4 cm³/mol. The summed E-state index contributed by atoms with van der Waals surface area (Å²) in [6.07, 6.45) is 4.11. The number of nitrogens with zero attached hydrogens (tertiary/aromatic N) is 1. The number of carbonyl (C=O) groups excluding carboxylic acids is 2. The molecule has 1 amide bonds. The van der Waals surface area contributed by atoms with Crippen LogP contribution in [0.25, 0.3) is 0 Å². The number of benzene rings is 1. The van der Waals surface area contributed by atoms with Crippen LogP contribution in [0.15, 0.2) is 18.2 Å². The van der Waals surface area contributed by atoms with Crippen molar-refractivity contribution in [3.63, 3.8) is 0 Å². The van der Waals surface area contributed by atoms with Crippen molar-refractivity contribution in [2.45, 2.75) is 37.6 Å². The fourth-order valence-corrected chi connectivity index (χ4v) is 2.90. The Morgan fingerprint density at radius 1 is 1.16 bits per heavy atom. The predicted octanol–water partition coefficient (Wildman–Crippen LogP) is 2.20. The van der Waals surface area contributed by atoms with Crippen molar-refractivity contribution in [3.05, 3.63) is 23.8 Å². The monoisotopic (exact) mass is 346 g/mol. The Morgan fingerprint density at radius 2 is 1.84 bits per heavy atom. The van der Waals surface area contributed by atoms with Crippen LogP contribution in [0.2, 0.25) is 0 Å². The largest absolute Gasteiger partial charge is 0.493 e. The number of carbonyl (C=O) groups is 2. The minimum atomic E-state index is -0.842. The molecule has 1 aromatic rings. The van der Waals surface area contributed by atoms with Crippen LogP contribution in [0.1, 0.15) is 42.5 Å². The molecular weight excluding hydrogens is 324 g/mol. The highest BCUT2D eigenvalue weighted by atomic mass is 16.5. The molecule has 7 nitrogen and oxygen atoms in total. The van der Waals surface area contributed by atoms with Crippen LogP contribution in [0.5, 0.6) is 11.5 Å². The Balaban J connectivity index is 1.93. The summed E-state index contributed by atoms with van der Waals surface area (Å²) in [6, 6.07) is 6.79. The summed E-state index contributed by atoms with van der Waals surface area (Å²) < 4.78 is 15.3. The molecule has 1 aliphatic carbocycles. The maximum Gasteiger partial charge on any atom is 0.338 e. The number of hydrogen-bond acceptors (Lipinski definition) is 6.